The number of carbonyl (C=O) groups excluding carboxylic acids is 1. The van der Waals surface area contributed by atoms with Crippen LogP contribution in [0.5, 0.6) is 0 Å². The second-order valence-electron chi connectivity index (χ2n) is 3.54. The number of nitrogens with zero attached hydrogens (tertiary/aromatic N) is 2. The topological polar surface area (TPSA) is 59.2 Å². The zero-order valence-corrected chi connectivity index (χ0v) is 11.0. The molecular formula is C10H15N3OS2. The molecule has 16 heavy (non-hydrogen) atoms. The third-order valence-electron chi connectivity index (χ3n) is 2.31. The lowest BCUT2D eigenvalue weighted by Crippen LogP contribution is -2.38. The van der Waals surface area contributed by atoms with Crippen LogP contribution >= 0.6 is 23.6 Å². The van der Waals surface area contributed by atoms with Crippen LogP contribution in [0.4, 0.5) is 0 Å². The van der Waals surface area contributed by atoms with Gasteiger partial charge in [-0.2, -0.15) is 0 Å². The van der Waals surface area contributed by atoms with Crippen molar-refractivity contribution in [2.75, 3.05) is 7.05 Å². The molecule has 0 aliphatic carbocycles. The van der Waals surface area contributed by atoms with Crippen LogP contribution in [0.3, 0.4) is 0 Å². The Kier molecular flexibility index (Phi) is 4.82. The first-order valence-electron chi connectivity index (χ1n) is 4.97. The van der Waals surface area contributed by atoms with E-state index in [1.165, 1.54) is 11.3 Å². The summed E-state index contributed by atoms with van der Waals surface area (Å²) >= 11 is 6.39. The number of aromatic nitrogens is 1. The first-order valence-corrected chi connectivity index (χ1v) is 6.32. The number of hydrogen-bond acceptors (Lipinski definition) is 4. The van der Waals surface area contributed by atoms with E-state index in [-0.39, 0.29) is 16.8 Å². The molecule has 0 aliphatic heterocycles. The van der Waals surface area contributed by atoms with Crippen molar-refractivity contribution in [2.24, 2.45) is 11.7 Å². The Morgan fingerprint density at radius 1 is 1.75 bits per heavy atom. The Morgan fingerprint density at radius 3 is 2.88 bits per heavy atom. The smallest absolute Gasteiger partial charge is 0.232 e. The third kappa shape index (κ3) is 3.24. The molecule has 0 aliphatic rings. The summed E-state index contributed by atoms with van der Waals surface area (Å²) in [7, 11) is 1.74. The van der Waals surface area contributed by atoms with E-state index in [2.05, 4.69) is 4.98 Å². The van der Waals surface area contributed by atoms with Gasteiger partial charge in [0.2, 0.25) is 5.91 Å². The van der Waals surface area contributed by atoms with Crippen molar-refractivity contribution in [2.45, 2.75) is 19.9 Å². The predicted molar refractivity (Wildman–Crippen MR) is 69.2 cm³/mol. The number of amides is 1. The molecule has 0 radical (unpaired) electrons. The van der Waals surface area contributed by atoms with Gasteiger partial charge in [0, 0.05) is 12.4 Å². The second kappa shape index (κ2) is 5.91. The van der Waals surface area contributed by atoms with E-state index in [1.807, 2.05) is 12.3 Å². The van der Waals surface area contributed by atoms with Gasteiger partial charge in [-0.25, -0.2) is 4.98 Å². The quantitative estimate of drug-likeness (QED) is 0.810. The molecule has 0 aromatic carbocycles. The Morgan fingerprint density at radius 2 is 2.44 bits per heavy atom. The number of thiazole rings is 1. The first kappa shape index (κ1) is 13.1. The molecule has 1 atom stereocenters. The molecule has 0 saturated carbocycles. The van der Waals surface area contributed by atoms with E-state index in [9.17, 15) is 4.79 Å². The third-order valence-corrected chi connectivity index (χ3v) is 3.23. The zero-order valence-electron chi connectivity index (χ0n) is 9.34. The van der Waals surface area contributed by atoms with Crippen molar-refractivity contribution in [3.63, 3.8) is 0 Å². The summed E-state index contributed by atoms with van der Waals surface area (Å²) in [4.78, 5) is 18.0. The standard InChI is InChI=1S/C10H15N3OS2/c1-3-8(9(11)15)10(14)13(2)4-7-5-16-6-12-7/h5-6,8H,3-4H2,1-2H3,(H2,11,15). The molecule has 4 nitrogen and oxygen atoms in total. The molecule has 0 fully saturated rings. The fourth-order valence-corrected chi connectivity index (χ4v) is 2.22. The van der Waals surface area contributed by atoms with E-state index in [1.54, 1.807) is 17.5 Å². The van der Waals surface area contributed by atoms with Crippen molar-refractivity contribution >= 4 is 34.5 Å². The number of nitrogens with two attached hydrogens (primary N) is 1. The number of rotatable bonds is 5. The van der Waals surface area contributed by atoms with Crippen molar-refractivity contribution in [3.8, 4) is 0 Å². The minimum atomic E-state index is -0.362. The van der Waals surface area contributed by atoms with Crippen LogP contribution in [-0.2, 0) is 11.3 Å². The van der Waals surface area contributed by atoms with Crippen molar-refractivity contribution in [1.82, 2.24) is 9.88 Å². The summed E-state index contributed by atoms with van der Waals surface area (Å²) in [6.45, 7) is 2.40. The summed E-state index contributed by atoms with van der Waals surface area (Å²) in [5.41, 5.74) is 8.17. The van der Waals surface area contributed by atoms with Gasteiger partial charge < -0.3 is 10.6 Å². The Hall–Kier alpha value is -1.01. The lowest BCUT2D eigenvalue weighted by Gasteiger charge is -2.21. The van der Waals surface area contributed by atoms with Crippen LogP contribution in [0.25, 0.3) is 0 Å². The maximum atomic E-state index is 12.0. The first-order chi connectivity index (χ1) is 7.56. The summed E-state index contributed by atoms with van der Waals surface area (Å²) in [6.07, 6.45) is 0.634. The molecule has 0 spiro atoms. The SMILES string of the molecule is CCC(C(=O)N(C)Cc1cscn1)C(N)=S. The molecule has 1 unspecified atom stereocenters. The molecular weight excluding hydrogens is 242 g/mol. The van der Waals surface area contributed by atoms with Crippen molar-refractivity contribution < 1.29 is 4.79 Å². The van der Waals surface area contributed by atoms with Gasteiger partial charge in [-0.15, -0.1) is 11.3 Å². The maximum Gasteiger partial charge on any atom is 0.232 e. The van der Waals surface area contributed by atoms with Gasteiger partial charge in [0.05, 0.1) is 28.7 Å². The van der Waals surface area contributed by atoms with Gasteiger partial charge in [-0.1, -0.05) is 19.1 Å². The summed E-state index contributed by atoms with van der Waals surface area (Å²) in [5.74, 6) is -0.401. The van der Waals surface area contributed by atoms with Crippen LogP contribution in [0.2, 0.25) is 0 Å². The van der Waals surface area contributed by atoms with Crippen LogP contribution in [0, 0.1) is 5.92 Å². The van der Waals surface area contributed by atoms with E-state index in [0.29, 0.717) is 13.0 Å². The second-order valence-corrected chi connectivity index (χ2v) is 4.73. The Labute approximate surface area is 104 Å². The molecule has 1 aromatic rings. The van der Waals surface area contributed by atoms with Crippen LogP contribution in [0.15, 0.2) is 10.9 Å². The Bertz CT molecular complexity index is 364. The van der Waals surface area contributed by atoms with E-state index in [4.69, 9.17) is 18.0 Å². The molecule has 2 N–H and O–H groups in total. The molecule has 1 heterocycles. The molecule has 1 aromatic heterocycles. The highest BCUT2D eigenvalue weighted by atomic mass is 32.1. The monoisotopic (exact) mass is 257 g/mol. The van der Waals surface area contributed by atoms with Gasteiger partial charge in [-0.3, -0.25) is 4.79 Å². The normalized spacial score (nSPS) is 12.1. The fraction of sp³-hybridized carbons (Fsp3) is 0.500. The van der Waals surface area contributed by atoms with E-state index < -0.39 is 0 Å². The average molecular weight is 257 g/mol. The van der Waals surface area contributed by atoms with E-state index in [0.717, 1.165) is 5.69 Å². The van der Waals surface area contributed by atoms with Gasteiger partial charge in [-0.05, 0) is 6.42 Å². The largest absolute Gasteiger partial charge is 0.393 e. The number of thiocarbonyl (C=S) groups is 1. The van der Waals surface area contributed by atoms with Gasteiger partial charge in [0.1, 0.15) is 0 Å². The van der Waals surface area contributed by atoms with Crippen LogP contribution < -0.4 is 5.73 Å². The lowest BCUT2D eigenvalue weighted by atomic mass is 10.1. The molecule has 1 rings (SSSR count). The minimum Gasteiger partial charge on any atom is -0.393 e. The molecule has 6 heteroatoms. The van der Waals surface area contributed by atoms with Crippen molar-refractivity contribution in [3.05, 3.63) is 16.6 Å². The lowest BCUT2D eigenvalue weighted by molar-refractivity contribution is -0.132. The highest BCUT2D eigenvalue weighted by Gasteiger charge is 2.23. The van der Waals surface area contributed by atoms with Crippen molar-refractivity contribution in [1.29, 1.82) is 0 Å². The molecule has 0 saturated heterocycles. The number of hydrogen-bond donors (Lipinski definition) is 1. The fourth-order valence-electron chi connectivity index (χ4n) is 1.40. The van der Waals surface area contributed by atoms with Gasteiger partial charge >= 0.3 is 0 Å². The average Bonchev–Trinajstić information content (AvgIpc) is 2.70. The van der Waals surface area contributed by atoms with Crippen LogP contribution in [-0.4, -0.2) is 27.8 Å². The Balaban J connectivity index is 2.62. The highest BCUT2D eigenvalue weighted by molar-refractivity contribution is 7.80. The van der Waals surface area contributed by atoms with Crippen LogP contribution in [0.1, 0.15) is 19.0 Å². The highest BCUT2D eigenvalue weighted by Crippen LogP contribution is 2.10. The zero-order chi connectivity index (χ0) is 12.1. The van der Waals surface area contributed by atoms with Gasteiger partial charge in [0.15, 0.2) is 0 Å². The molecule has 0 bridgehead atoms. The summed E-state index contributed by atoms with van der Waals surface area (Å²) in [6, 6.07) is 0. The predicted octanol–water partition coefficient (Wildman–Crippen LogP) is 1.41. The van der Waals surface area contributed by atoms with Gasteiger partial charge in [0.25, 0.3) is 0 Å². The molecule has 88 valence electrons. The number of carbonyl (C=O) groups is 1. The molecule has 1 amide bonds. The minimum absolute atomic E-state index is 0.0389. The summed E-state index contributed by atoms with van der Waals surface area (Å²) in [5, 5.41) is 1.92. The maximum absolute atomic E-state index is 12.0. The summed E-state index contributed by atoms with van der Waals surface area (Å²) < 4.78 is 0. The van der Waals surface area contributed by atoms with E-state index >= 15 is 0 Å².